The molecular formula is C39H64N2O7. The van der Waals surface area contributed by atoms with Crippen LogP contribution in [0.15, 0.2) is 0 Å². The van der Waals surface area contributed by atoms with E-state index in [-0.39, 0.29) is 52.0 Å². The number of hydrogen-bond donors (Lipinski definition) is 3. The van der Waals surface area contributed by atoms with Crippen LogP contribution in [-0.2, 0) is 19.0 Å². The van der Waals surface area contributed by atoms with E-state index in [4.69, 9.17) is 14.2 Å². The Hall–Kier alpha value is -0.810. The van der Waals surface area contributed by atoms with Crippen LogP contribution in [0.2, 0.25) is 0 Å². The maximum atomic E-state index is 12.5. The number of aliphatic hydroxyl groups excluding tert-OH is 2. The molecule has 48 heavy (non-hydrogen) atoms. The summed E-state index contributed by atoms with van der Waals surface area (Å²) < 4.78 is 19.8. The molecule has 3 saturated heterocycles. The zero-order valence-electron chi connectivity index (χ0n) is 30.9. The van der Waals surface area contributed by atoms with E-state index in [1.165, 1.54) is 25.7 Å². The van der Waals surface area contributed by atoms with E-state index in [1.807, 2.05) is 4.90 Å². The molecule has 5 saturated carbocycles. The fraction of sp³-hybridized carbons (Fsp3) is 0.974. The summed E-state index contributed by atoms with van der Waals surface area (Å²) in [6, 6.07) is 0.409. The maximum absolute atomic E-state index is 12.5. The zero-order valence-corrected chi connectivity index (χ0v) is 30.9. The quantitative estimate of drug-likeness (QED) is 0.399. The summed E-state index contributed by atoms with van der Waals surface area (Å²) in [6.07, 6.45) is 6.47. The van der Waals surface area contributed by atoms with Crippen LogP contribution in [-0.4, -0.2) is 112 Å². The molecule has 9 unspecified atom stereocenters. The highest BCUT2D eigenvalue weighted by molar-refractivity contribution is 5.74. The number of morpholine rings is 1. The number of likely N-dealkylation sites (tertiary alicyclic amines) is 1. The Morgan fingerprint density at radius 3 is 2.38 bits per heavy atom. The van der Waals surface area contributed by atoms with E-state index in [2.05, 4.69) is 39.5 Å². The largest absolute Gasteiger partial charge is 0.390 e. The van der Waals surface area contributed by atoms with Gasteiger partial charge in [-0.05, 0) is 111 Å². The van der Waals surface area contributed by atoms with Crippen LogP contribution in [0.3, 0.4) is 0 Å². The van der Waals surface area contributed by atoms with Crippen LogP contribution in [0.25, 0.3) is 0 Å². The Bertz CT molecular complexity index is 1300. The third-order valence-corrected chi connectivity index (χ3v) is 17.0. The summed E-state index contributed by atoms with van der Waals surface area (Å²) in [7, 11) is 0. The summed E-state index contributed by atoms with van der Waals surface area (Å²) in [5, 5.41) is 34.1. The summed E-state index contributed by atoms with van der Waals surface area (Å²) in [5.74, 6) is 1.75. The van der Waals surface area contributed by atoms with Crippen molar-refractivity contribution < 1.29 is 34.3 Å². The van der Waals surface area contributed by atoms with Gasteiger partial charge in [-0.2, -0.15) is 0 Å². The summed E-state index contributed by atoms with van der Waals surface area (Å²) in [5.41, 5.74) is -0.936. The molecule has 0 aromatic rings. The molecule has 3 aliphatic heterocycles. The van der Waals surface area contributed by atoms with Crippen molar-refractivity contribution in [1.82, 2.24) is 9.80 Å². The Balaban J connectivity index is 0.993. The van der Waals surface area contributed by atoms with Crippen molar-refractivity contribution in [2.24, 2.45) is 50.7 Å². The lowest BCUT2D eigenvalue weighted by atomic mass is 9.41. The number of ether oxygens (including phenoxy) is 3. The van der Waals surface area contributed by atoms with Crippen molar-refractivity contribution in [3.8, 4) is 0 Å². The van der Waals surface area contributed by atoms with Crippen molar-refractivity contribution in [2.45, 2.75) is 155 Å². The van der Waals surface area contributed by atoms with Crippen LogP contribution >= 0.6 is 0 Å². The summed E-state index contributed by atoms with van der Waals surface area (Å²) >= 11 is 0. The minimum Gasteiger partial charge on any atom is -0.390 e. The number of amides is 1. The Morgan fingerprint density at radius 2 is 1.69 bits per heavy atom. The van der Waals surface area contributed by atoms with Crippen LogP contribution in [0, 0.1) is 50.7 Å². The molecule has 9 heteroatoms. The molecule has 14 atom stereocenters. The first-order valence-corrected chi connectivity index (χ1v) is 19.4. The van der Waals surface area contributed by atoms with Gasteiger partial charge in [-0.25, -0.2) is 0 Å². The highest BCUT2D eigenvalue weighted by Crippen LogP contribution is 2.89. The van der Waals surface area contributed by atoms with Gasteiger partial charge in [-0.3, -0.25) is 9.69 Å². The smallest absolute Gasteiger partial charge is 0.219 e. The van der Waals surface area contributed by atoms with Crippen LogP contribution in [0.1, 0.15) is 107 Å². The van der Waals surface area contributed by atoms with E-state index >= 15 is 0 Å². The molecule has 2 spiro atoms. The highest BCUT2D eigenvalue weighted by atomic mass is 16.7. The molecule has 0 aromatic carbocycles. The fourth-order valence-electron chi connectivity index (χ4n) is 14.4. The highest BCUT2D eigenvalue weighted by Gasteiger charge is 2.84. The molecule has 3 heterocycles. The van der Waals surface area contributed by atoms with E-state index in [1.54, 1.807) is 20.8 Å². The fourth-order valence-corrected chi connectivity index (χ4v) is 14.4. The molecule has 8 rings (SSSR count). The van der Waals surface area contributed by atoms with Crippen molar-refractivity contribution >= 4 is 5.91 Å². The van der Waals surface area contributed by atoms with Gasteiger partial charge in [0.05, 0.1) is 43.2 Å². The monoisotopic (exact) mass is 672 g/mol. The van der Waals surface area contributed by atoms with Gasteiger partial charge >= 0.3 is 0 Å². The Kier molecular flexibility index (Phi) is 7.76. The summed E-state index contributed by atoms with van der Waals surface area (Å²) in [4.78, 5) is 16.1. The molecule has 0 bridgehead atoms. The number of aliphatic hydroxyl groups is 3. The predicted octanol–water partition coefficient (Wildman–Crippen LogP) is 4.21. The first kappa shape index (κ1) is 34.3. The van der Waals surface area contributed by atoms with Gasteiger partial charge in [0, 0.05) is 38.0 Å². The van der Waals surface area contributed by atoms with Gasteiger partial charge in [-0.15, -0.1) is 0 Å². The van der Waals surface area contributed by atoms with Gasteiger partial charge in [0.1, 0.15) is 6.10 Å². The third-order valence-electron chi connectivity index (χ3n) is 17.0. The molecule has 3 N–H and O–H groups in total. The molecule has 272 valence electrons. The van der Waals surface area contributed by atoms with Gasteiger partial charge in [0.2, 0.25) is 5.91 Å². The molecular weight excluding hydrogens is 608 g/mol. The maximum Gasteiger partial charge on any atom is 0.219 e. The van der Waals surface area contributed by atoms with Crippen molar-refractivity contribution in [2.75, 3.05) is 32.8 Å². The molecule has 9 nitrogen and oxygen atoms in total. The standard InChI is InChI=1S/C39H64N2O7/c1-22-17-25(32(43)35(5,6)45)47-31-30(22)36(7)13-14-39-21-38(39)12-11-28(34(3,4)26(38)9-10-27(39)37(36,8)33(31)44)48-29-20-40(15-16-46-29)24-18-41(19-24)23(2)42/h22,24-33,43-45H,9-21H2,1-8H3/t22-,25?,26+,27?,28?,29?,30+,31?,32?,33+,36?,37-,38?,39?/m1/s1. The van der Waals surface area contributed by atoms with Gasteiger partial charge in [-0.1, -0.05) is 34.6 Å². The topological polar surface area (TPSA) is 112 Å². The van der Waals surface area contributed by atoms with E-state index in [0.717, 1.165) is 45.4 Å². The predicted molar refractivity (Wildman–Crippen MR) is 181 cm³/mol. The van der Waals surface area contributed by atoms with Crippen molar-refractivity contribution in [1.29, 1.82) is 0 Å². The number of carbonyl (C=O) groups is 1. The van der Waals surface area contributed by atoms with Crippen molar-refractivity contribution in [3.63, 3.8) is 0 Å². The first-order valence-electron chi connectivity index (χ1n) is 19.4. The normalized spacial score (nSPS) is 52.2. The second-order valence-electron chi connectivity index (χ2n) is 19.7. The minimum atomic E-state index is -1.25. The lowest BCUT2D eigenvalue weighted by Crippen LogP contribution is -2.64. The van der Waals surface area contributed by atoms with Crippen LogP contribution in [0.5, 0.6) is 0 Å². The van der Waals surface area contributed by atoms with Crippen molar-refractivity contribution in [3.05, 3.63) is 0 Å². The van der Waals surface area contributed by atoms with E-state index < -0.39 is 23.9 Å². The first-order chi connectivity index (χ1) is 22.4. The minimum absolute atomic E-state index is 0.0300. The zero-order chi connectivity index (χ0) is 34.4. The third kappa shape index (κ3) is 4.43. The molecule has 8 aliphatic rings. The van der Waals surface area contributed by atoms with Crippen LogP contribution in [0.4, 0.5) is 0 Å². The van der Waals surface area contributed by atoms with Gasteiger partial charge < -0.3 is 34.4 Å². The molecule has 5 aliphatic carbocycles. The molecule has 0 radical (unpaired) electrons. The lowest BCUT2D eigenvalue weighted by molar-refractivity contribution is -0.253. The van der Waals surface area contributed by atoms with E-state index in [0.29, 0.717) is 42.2 Å². The number of hydrogen-bond acceptors (Lipinski definition) is 8. The molecule has 0 aromatic heterocycles. The van der Waals surface area contributed by atoms with Gasteiger partial charge in [0.25, 0.3) is 0 Å². The number of carbonyl (C=O) groups excluding carboxylic acids is 1. The van der Waals surface area contributed by atoms with Gasteiger partial charge in [0.15, 0.2) is 6.29 Å². The summed E-state index contributed by atoms with van der Waals surface area (Å²) in [6.45, 7) is 21.0. The van der Waals surface area contributed by atoms with E-state index in [9.17, 15) is 20.1 Å². The number of nitrogens with zero attached hydrogens (tertiary/aromatic N) is 2. The molecule has 1 amide bonds. The Labute approximate surface area is 288 Å². The molecule has 8 fully saturated rings. The number of rotatable bonds is 5. The Morgan fingerprint density at radius 1 is 1.00 bits per heavy atom. The average Bonchev–Trinajstić information content (AvgIpc) is 3.61. The second kappa shape index (κ2) is 10.9. The lowest BCUT2D eigenvalue weighted by Gasteiger charge is -2.64. The second-order valence-corrected chi connectivity index (χ2v) is 19.7. The van der Waals surface area contributed by atoms with Crippen LogP contribution < -0.4 is 0 Å². The SMILES string of the molecule is CC(=O)N1CC(N2CCOC(OC3CCC45CC46CCC4(C)[C@@H]7C(OC(C(O)C(C)(C)O)C[C@H]7C)[C@H](O)[C@@]4(C)C6CC[C@H]5C3(C)C)C2)C1. The average molecular weight is 673 g/mol. The number of fused-ring (bicyclic) bond motifs is 4.